The molecule has 0 heterocycles. The fourth-order valence-electron chi connectivity index (χ4n) is 3.03. The lowest BCUT2D eigenvalue weighted by Crippen LogP contribution is -2.07. The molecule has 0 atom stereocenters. The molecule has 0 amide bonds. The highest BCUT2D eigenvalue weighted by Gasteiger charge is 2.01. The molecule has 0 aliphatic rings. The highest BCUT2D eigenvalue weighted by molar-refractivity contribution is 5.64. The van der Waals surface area contributed by atoms with Crippen LogP contribution in [-0.4, -0.2) is 26.4 Å². The van der Waals surface area contributed by atoms with Crippen molar-refractivity contribution < 1.29 is 14.2 Å². The van der Waals surface area contributed by atoms with Gasteiger partial charge in [0.25, 0.3) is 0 Å². The van der Waals surface area contributed by atoms with Gasteiger partial charge < -0.3 is 14.2 Å². The van der Waals surface area contributed by atoms with E-state index in [-0.39, 0.29) is 0 Å². The molecule has 162 valence electrons. The molecular weight excluding hydrogens is 372 g/mol. The standard InChI is InChI=1S/C27H36O3/c1-4-6-7-8-20-29-26-15-11-24(12-16-26)25-13-17-27(18-14-25)30-22-21-28-19-9-10-23(3)5-2/h5,11-18H,2-4,6-10,19-22H2,1H3. The van der Waals surface area contributed by atoms with Gasteiger partial charge >= 0.3 is 0 Å². The molecule has 0 radical (unpaired) electrons. The largest absolute Gasteiger partial charge is 0.494 e. The first-order valence-corrected chi connectivity index (χ1v) is 11.1. The summed E-state index contributed by atoms with van der Waals surface area (Å²) in [5.74, 6) is 1.79. The van der Waals surface area contributed by atoms with Gasteiger partial charge in [0.2, 0.25) is 0 Å². The van der Waals surface area contributed by atoms with E-state index in [4.69, 9.17) is 14.2 Å². The van der Waals surface area contributed by atoms with E-state index in [0.717, 1.165) is 48.5 Å². The second-order valence-corrected chi connectivity index (χ2v) is 7.38. The maximum Gasteiger partial charge on any atom is 0.119 e. The lowest BCUT2D eigenvalue weighted by Gasteiger charge is -2.09. The van der Waals surface area contributed by atoms with Gasteiger partial charge in [-0.25, -0.2) is 0 Å². The molecule has 2 rings (SSSR count). The van der Waals surface area contributed by atoms with E-state index in [1.807, 2.05) is 24.3 Å². The quantitative estimate of drug-likeness (QED) is 0.217. The Labute approximate surface area is 182 Å². The summed E-state index contributed by atoms with van der Waals surface area (Å²) in [6.45, 7) is 12.5. The average molecular weight is 409 g/mol. The molecular formula is C27H36O3. The van der Waals surface area contributed by atoms with Gasteiger partial charge in [-0.2, -0.15) is 0 Å². The zero-order valence-corrected chi connectivity index (χ0v) is 18.4. The Morgan fingerprint density at radius 3 is 1.90 bits per heavy atom. The summed E-state index contributed by atoms with van der Waals surface area (Å²) >= 11 is 0. The van der Waals surface area contributed by atoms with E-state index in [9.17, 15) is 0 Å². The fourth-order valence-corrected chi connectivity index (χ4v) is 3.03. The van der Waals surface area contributed by atoms with Gasteiger partial charge in [-0.1, -0.05) is 75.3 Å². The van der Waals surface area contributed by atoms with Crippen LogP contribution in [0.2, 0.25) is 0 Å². The number of rotatable bonds is 16. The Kier molecular flexibility index (Phi) is 11.5. The summed E-state index contributed by atoms with van der Waals surface area (Å²) in [6.07, 6.45) is 8.57. The van der Waals surface area contributed by atoms with Gasteiger partial charge in [0, 0.05) is 6.61 Å². The van der Waals surface area contributed by atoms with Crippen molar-refractivity contribution in [2.24, 2.45) is 0 Å². The third-order valence-corrected chi connectivity index (χ3v) is 4.88. The lowest BCUT2D eigenvalue weighted by molar-refractivity contribution is 0.0986. The van der Waals surface area contributed by atoms with Gasteiger partial charge in [0.05, 0.1) is 13.2 Å². The van der Waals surface area contributed by atoms with Gasteiger partial charge in [-0.3, -0.25) is 0 Å². The second kappa shape index (κ2) is 14.5. The molecule has 3 nitrogen and oxygen atoms in total. The minimum absolute atomic E-state index is 0.548. The van der Waals surface area contributed by atoms with Crippen molar-refractivity contribution in [3.63, 3.8) is 0 Å². The van der Waals surface area contributed by atoms with E-state index >= 15 is 0 Å². The van der Waals surface area contributed by atoms with Crippen LogP contribution in [0, 0.1) is 0 Å². The number of hydrogen-bond donors (Lipinski definition) is 0. The average Bonchev–Trinajstić information content (AvgIpc) is 2.79. The topological polar surface area (TPSA) is 27.7 Å². The van der Waals surface area contributed by atoms with Crippen molar-refractivity contribution in [3.05, 3.63) is 73.3 Å². The zero-order chi connectivity index (χ0) is 21.4. The Balaban J connectivity index is 1.67. The van der Waals surface area contributed by atoms with E-state index in [1.165, 1.54) is 24.8 Å². The molecule has 0 saturated carbocycles. The maximum atomic E-state index is 5.82. The molecule has 0 N–H and O–H groups in total. The predicted octanol–water partition coefficient (Wildman–Crippen LogP) is 7.23. The van der Waals surface area contributed by atoms with Crippen molar-refractivity contribution in [1.29, 1.82) is 0 Å². The van der Waals surface area contributed by atoms with Gasteiger partial charge in [0.1, 0.15) is 18.1 Å². The Morgan fingerprint density at radius 2 is 1.33 bits per heavy atom. The smallest absolute Gasteiger partial charge is 0.119 e. The van der Waals surface area contributed by atoms with E-state index in [2.05, 4.69) is 44.3 Å². The predicted molar refractivity (Wildman–Crippen MR) is 126 cm³/mol. The SMILES string of the molecule is C=CC(=C)CCCOCCOc1ccc(-c2ccc(OCCCCCC)cc2)cc1. The molecule has 0 aromatic heterocycles. The van der Waals surface area contributed by atoms with Crippen molar-refractivity contribution in [3.8, 4) is 22.6 Å². The summed E-state index contributed by atoms with van der Waals surface area (Å²) in [5.41, 5.74) is 3.39. The molecule has 0 unspecified atom stereocenters. The maximum absolute atomic E-state index is 5.82. The molecule has 0 aliphatic carbocycles. The molecule has 3 heteroatoms. The molecule has 0 fully saturated rings. The molecule has 30 heavy (non-hydrogen) atoms. The molecule has 0 aliphatic heterocycles. The first kappa shape index (κ1) is 23.8. The van der Waals surface area contributed by atoms with Crippen molar-refractivity contribution in [2.45, 2.75) is 45.4 Å². The van der Waals surface area contributed by atoms with Gasteiger partial charge in [-0.05, 0) is 54.7 Å². The van der Waals surface area contributed by atoms with E-state index in [0.29, 0.717) is 19.8 Å². The lowest BCUT2D eigenvalue weighted by atomic mass is 10.1. The highest BCUT2D eigenvalue weighted by atomic mass is 16.5. The minimum atomic E-state index is 0.548. The minimum Gasteiger partial charge on any atom is -0.494 e. The van der Waals surface area contributed by atoms with Crippen LogP contribution in [0.1, 0.15) is 45.4 Å². The number of benzene rings is 2. The van der Waals surface area contributed by atoms with Crippen molar-refractivity contribution >= 4 is 0 Å². The monoisotopic (exact) mass is 408 g/mol. The second-order valence-electron chi connectivity index (χ2n) is 7.38. The highest BCUT2D eigenvalue weighted by Crippen LogP contribution is 2.24. The normalized spacial score (nSPS) is 10.6. The zero-order valence-electron chi connectivity index (χ0n) is 18.4. The molecule has 0 bridgehead atoms. The van der Waals surface area contributed by atoms with Crippen LogP contribution >= 0.6 is 0 Å². The number of ether oxygens (including phenoxy) is 3. The van der Waals surface area contributed by atoms with Crippen LogP contribution in [-0.2, 0) is 4.74 Å². The first-order chi connectivity index (χ1) is 14.7. The molecule has 2 aromatic rings. The Hall–Kier alpha value is -2.52. The van der Waals surface area contributed by atoms with E-state index < -0.39 is 0 Å². The number of unbranched alkanes of at least 4 members (excludes halogenated alkanes) is 3. The number of hydrogen-bond acceptors (Lipinski definition) is 3. The summed E-state index contributed by atoms with van der Waals surface area (Å²) in [4.78, 5) is 0. The van der Waals surface area contributed by atoms with Crippen LogP contribution in [0.15, 0.2) is 73.3 Å². The van der Waals surface area contributed by atoms with E-state index in [1.54, 1.807) is 6.08 Å². The van der Waals surface area contributed by atoms with Crippen molar-refractivity contribution in [1.82, 2.24) is 0 Å². The molecule has 0 saturated heterocycles. The van der Waals surface area contributed by atoms with Crippen LogP contribution in [0.3, 0.4) is 0 Å². The third-order valence-electron chi connectivity index (χ3n) is 4.88. The summed E-state index contributed by atoms with van der Waals surface area (Å²) in [7, 11) is 0. The first-order valence-electron chi connectivity index (χ1n) is 11.1. The number of allylic oxidation sites excluding steroid dienone is 2. The summed E-state index contributed by atoms with van der Waals surface area (Å²) in [6, 6.07) is 16.5. The van der Waals surface area contributed by atoms with Crippen LogP contribution in [0.5, 0.6) is 11.5 Å². The Morgan fingerprint density at radius 1 is 0.733 bits per heavy atom. The molecule has 0 spiro atoms. The van der Waals surface area contributed by atoms with Crippen LogP contribution in [0.4, 0.5) is 0 Å². The summed E-state index contributed by atoms with van der Waals surface area (Å²) < 4.78 is 17.2. The van der Waals surface area contributed by atoms with Gasteiger partial charge in [-0.15, -0.1) is 0 Å². The summed E-state index contributed by atoms with van der Waals surface area (Å²) in [5, 5.41) is 0. The molecule has 2 aromatic carbocycles. The van der Waals surface area contributed by atoms with Gasteiger partial charge in [0.15, 0.2) is 0 Å². The van der Waals surface area contributed by atoms with Crippen molar-refractivity contribution in [2.75, 3.05) is 26.4 Å². The third kappa shape index (κ3) is 9.32. The fraction of sp³-hybridized carbons (Fsp3) is 0.407. The van der Waals surface area contributed by atoms with Crippen LogP contribution < -0.4 is 9.47 Å². The van der Waals surface area contributed by atoms with Crippen LogP contribution in [0.25, 0.3) is 11.1 Å². The Bertz CT molecular complexity index is 732.